The molecule has 0 aromatic carbocycles. The fraction of sp³-hybridized carbons (Fsp3) is 0.667. The number of likely N-dealkylation sites (N-methyl/N-ethyl adjacent to an activating group) is 1. The Bertz CT molecular complexity index is 409. The molecule has 0 spiro atoms. The van der Waals surface area contributed by atoms with Gasteiger partial charge in [0.1, 0.15) is 5.76 Å². The van der Waals surface area contributed by atoms with Crippen molar-refractivity contribution >= 4 is 5.91 Å². The second-order valence-electron chi connectivity index (χ2n) is 5.68. The zero-order valence-electron chi connectivity index (χ0n) is 12.6. The minimum atomic E-state index is 0.185. The van der Waals surface area contributed by atoms with E-state index in [1.807, 2.05) is 17.0 Å². The number of likely N-dealkylation sites (tertiary alicyclic amines) is 1. The minimum absolute atomic E-state index is 0.185. The van der Waals surface area contributed by atoms with Crippen LogP contribution in [0.15, 0.2) is 22.8 Å². The third-order valence-electron chi connectivity index (χ3n) is 4.04. The van der Waals surface area contributed by atoms with E-state index < -0.39 is 0 Å². The van der Waals surface area contributed by atoms with Crippen molar-refractivity contribution in [2.24, 2.45) is 0 Å². The van der Waals surface area contributed by atoms with Crippen molar-refractivity contribution in [3.8, 4) is 0 Å². The molecule has 1 aromatic rings. The predicted molar refractivity (Wildman–Crippen MR) is 78.4 cm³/mol. The number of furan rings is 1. The summed E-state index contributed by atoms with van der Waals surface area (Å²) in [5.41, 5.74) is 0. The minimum Gasteiger partial charge on any atom is -0.468 e. The lowest BCUT2D eigenvalue weighted by Crippen LogP contribution is -2.46. The van der Waals surface area contributed by atoms with Crippen molar-refractivity contribution in [1.82, 2.24) is 15.1 Å². The molecule has 1 saturated heterocycles. The number of rotatable bonds is 5. The van der Waals surface area contributed by atoms with Gasteiger partial charge in [0.15, 0.2) is 0 Å². The number of hydrogen-bond acceptors (Lipinski definition) is 4. The van der Waals surface area contributed by atoms with Crippen molar-refractivity contribution in [1.29, 1.82) is 0 Å². The molecule has 1 aliphatic heterocycles. The average molecular weight is 279 g/mol. The molecule has 1 atom stereocenters. The highest BCUT2D eigenvalue weighted by Gasteiger charge is 2.23. The van der Waals surface area contributed by atoms with E-state index in [1.165, 1.54) is 0 Å². The van der Waals surface area contributed by atoms with Crippen LogP contribution < -0.4 is 5.32 Å². The molecule has 1 amide bonds. The quantitative estimate of drug-likeness (QED) is 0.887. The van der Waals surface area contributed by atoms with Crippen molar-refractivity contribution in [2.75, 3.05) is 33.7 Å². The second-order valence-corrected chi connectivity index (χ2v) is 5.68. The van der Waals surface area contributed by atoms with Crippen LogP contribution in [0.3, 0.4) is 0 Å². The average Bonchev–Trinajstić information content (AvgIpc) is 2.93. The van der Waals surface area contributed by atoms with Gasteiger partial charge in [0.25, 0.3) is 0 Å². The van der Waals surface area contributed by atoms with Crippen molar-refractivity contribution in [3.05, 3.63) is 24.2 Å². The normalized spacial score (nSPS) is 18.5. The first-order valence-electron chi connectivity index (χ1n) is 7.26. The standard InChI is InChI=1S/C15H25N3O2/c1-12(19)18-8-6-13(7-9-18)16-11-14(17(2)3)15-5-4-10-20-15/h4-5,10,13-14,16H,6-9,11H2,1-3H3. The fourth-order valence-corrected chi connectivity index (χ4v) is 2.70. The molecule has 0 bridgehead atoms. The summed E-state index contributed by atoms with van der Waals surface area (Å²) in [6.45, 7) is 4.23. The number of piperidine rings is 1. The third-order valence-corrected chi connectivity index (χ3v) is 4.04. The number of nitrogens with zero attached hydrogens (tertiary/aromatic N) is 2. The molecule has 2 rings (SSSR count). The Morgan fingerprint density at radius 2 is 2.20 bits per heavy atom. The monoisotopic (exact) mass is 279 g/mol. The molecule has 20 heavy (non-hydrogen) atoms. The van der Waals surface area contributed by atoms with Gasteiger partial charge in [-0.05, 0) is 39.1 Å². The summed E-state index contributed by atoms with van der Waals surface area (Å²) in [4.78, 5) is 15.4. The van der Waals surface area contributed by atoms with Gasteiger partial charge in [0, 0.05) is 32.6 Å². The third kappa shape index (κ3) is 3.84. The van der Waals surface area contributed by atoms with Crippen LogP contribution in [0.5, 0.6) is 0 Å². The van der Waals surface area contributed by atoms with E-state index in [2.05, 4.69) is 24.3 Å². The summed E-state index contributed by atoms with van der Waals surface area (Å²) in [6.07, 6.45) is 3.77. The first-order valence-corrected chi connectivity index (χ1v) is 7.26. The van der Waals surface area contributed by atoms with E-state index in [-0.39, 0.29) is 11.9 Å². The molecule has 5 nitrogen and oxygen atoms in total. The first kappa shape index (κ1) is 15.1. The molecule has 112 valence electrons. The highest BCUT2D eigenvalue weighted by Crippen LogP contribution is 2.19. The zero-order valence-corrected chi connectivity index (χ0v) is 12.6. The van der Waals surface area contributed by atoms with Gasteiger partial charge in [-0.1, -0.05) is 0 Å². The van der Waals surface area contributed by atoms with E-state index in [0.29, 0.717) is 6.04 Å². The van der Waals surface area contributed by atoms with Gasteiger partial charge in [-0.25, -0.2) is 0 Å². The zero-order chi connectivity index (χ0) is 14.5. The maximum Gasteiger partial charge on any atom is 0.219 e. The maximum atomic E-state index is 11.3. The molecule has 1 aliphatic rings. The molecule has 1 unspecified atom stereocenters. The summed E-state index contributed by atoms with van der Waals surface area (Å²) in [5.74, 6) is 1.17. The molecule has 0 radical (unpaired) electrons. The van der Waals surface area contributed by atoms with Crippen LogP contribution in [0.1, 0.15) is 31.6 Å². The largest absolute Gasteiger partial charge is 0.468 e. The lowest BCUT2D eigenvalue weighted by atomic mass is 10.0. The van der Waals surface area contributed by atoms with Crippen LogP contribution in [0, 0.1) is 0 Å². The molecule has 0 saturated carbocycles. The summed E-state index contributed by atoms with van der Waals surface area (Å²) in [7, 11) is 4.13. The fourth-order valence-electron chi connectivity index (χ4n) is 2.70. The van der Waals surface area contributed by atoms with Crippen molar-refractivity contribution in [2.45, 2.75) is 31.8 Å². The summed E-state index contributed by atoms with van der Waals surface area (Å²) in [6, 6.07) is 4.68. The topological polar surface area (TPSA) is 48.7 Å². The van der Waals surface area contributed by atoms with E-state index in [9.17, 15) is 4.79 Å². The summed E-state index contributed by atoms with van der Waals surface area (Å²) in [5, 5.41) is 3.61. The Hall–Kier alpha value is -1.33. The molecule has 1 aromatic heterocycles. The van der Waals surface area contributed by atoms with Gasteiger partial charge in [0.05, 0.1) is 12.3 Å². The van der Waals surface area contributed by atoms with Crippen LogP contribution in [0.4, 0.5) is 0 Å². The van der Waals surface area contributed by atoms with Crippen LogP contribution >= 0.6 is 0 Å². The van der Waals surface area contributed by atoms with Crippen LogP contribution in [0.25, 0.3) is 0 Å². The Kier molecular flexibility index (Phi) is 5.20. The van der Waals surface area contributed by atoms with E-state index in [4.69, 9.17) is 4.42 Å². The SMILES string of the molecule is CC(=O)N1CCC(NCC(c2ccco2)N(C)C)CC1. The smallest absolute Gasteiger partial charge is 0.219 e. The molecule has 1 N–H and O–H groups in total. The highest BCUT2D eigenvalue weighted by molar-refractivity contribution is 5.73. The highest BCUT2D eigenvalue weighted by atomic mass is 16.3. The number of nitrogens with one attached hydrogen (secondary N) is 1. The Morgan fingerprint density at radius 3 is 2.70 bits per heavy atom. The van der Waals surface area contributed by atoms with Crippen molar-refractivity contribution < 1.29 is 9.21 Å². The first-order chi connectivity index (χ1) is 9.58. The number of carbonyl (C=O) groups excluding carboxylic acids is 1. The lowest BCUT2D eigenvalue weighted by molar-refractivity contribution is -0.129. The summed E-state index contributed by atoms with van der Waals surface area (Å²) >= 11 is 0. The van der Waals surface area contributed by atoms with Gasteiger partial charge in [-0.15, -0.1) is 0 Å². The number of amides is 1. The van der Waals surface area contributed by atoms with Gasteiger partial charge < -0.3 is 14.6 Å². The van der Waals surface area contributed by atoms with Crippen LogP contribution in [-0.2, 0) is 4.79 Å². The van der Waals surface area contributed by atoms with Gasteiger partial charge in [-0.2, -0.15) is 0 Å². The van der Waals surface area contributed by atoms with Crippen LogP contribution in [-0.4, -0.2) is 55.5 Å². The van der Waals surface area contributed by atoms with E-state index in [0.717, 1.165) is 38.2 Å². The maximum absolute atomic E-state index is 11.3. The Labute approximate surface area is 120 Å². The lowest BCUT2D eigenvalue weighted by Gasteiger charge is -2.33. The second kappa shape index (κ2) is 6.90. The molecular weight excluding hydrogens is 254 g/mol. The van der Waals surface area contributed by atoms with E-state index in [1.54, 1.807) is 13.2 Å². The molecule has 1 fully saturated rings. The van der Waals surface area contributed by atoms with E-state index >= 15 is 0 Å². The molecule has 5 heteroatoms. The molecule has 0 aliphatic carbocycles. The predicted octanol–water partition coefficient (Wildman–Crippen LogP) is 1.48. The number of hydrogen-bond donors (Lipinski definition) is 1. The number of carbonyl (C=O) groups is 1. The Balaban J connectivity index is 1.81. The van der Waals surface area contributed by atoms with Crippen LogP contribution in [0.2, 0.25) is 0 Å². The van der Waals surface area contributed by atoms with Gasteiger partial charge >= 0.3 is 0 Å². The van der Waals surface area contributed by atoms with Crippen molar-refractivity contribution in [3.63, 3.8) is 0 Å². The molecular formula is C15H25N3O2. The van der Waals surface area contributed by atoms with Gasteiger partial charge in [-0.3, -0.25) is 9.69 Å². The van der Waals surface area contributed by atoms with Gasteiger partial charge in [0.2, 0.25) is 5.91 Å². The summed E-state index contributed by atoms with van der Waals surface area (Å²) < 4.78 is 5.51. The Morgan fingerprint density at radius 1 is 1.50 bits per heavy atom. The molecule has 2 heterocycles.